The fourth-order valence-corrected chi connectivity index (χ4v) is 3.66. The minimum Gasteiger partial charge on any atom is -0.350 e. The first-order valence-electron chi connectivity index (χ1n) is 8.82. The van der Waals surface area contributed by atoms with E-state index in [9.17, 15) is 4.79 Å². The lowest BCUT2D eigenvalue weighted by Crippen LogP contribution is -2.42. The minimum atomic E-state index is -0.582. The summed E-state index contributed by atoms with van der Waals surface area (Å²) in [4.78, 5) is 14.4. The zero-order valence-corrected chi connectivity index (χ0v) is 16.8. The van der Waals surface area contributed by atoms with E-state index in [1.165, 1.54) is 25.1 Å². The molecular formula is C19H31Cl2N3O. The number of rotatable bonds is 5. The van der Waals surface area contributed by atoms with Gasteiger partial charge in [-0.05, 0) is 42.2 Å². The lowest BCUT2D eigenvalue weighted by Gasteiger charge is -2.35. The summed E-state index contributed by atoms with van der Waals surface area (Å²) in [5.74, 6) is 1.57. The molecule has 1 aliphatic heterocycles. The highest BCUT2D eigenvalue weighted by Crippen LogP contribution is 2.32. The van der Waals surface area contributed by atoms with E-state index in [0.717, 1.165) is 36.8 Å². The lowest BCUT2D eigenvalue weighted by molar-refractivity contribution is -0.123. The van der Waals surface area contributed by atoms with E-state index >= 15 is 0 Å². The van der Waals surface area contributed by atoms with Crippen molar-refractivity contribution in [2.24, 2.45) is 17.6 Å². The molecule has 1 amide bonds. The molecule has 1 saturated heterocycles. The minimum absolute atomic E-state index is 0. The first-order chi connectivity index (χ1) is 10.9. The van der Waals surface area contributed by atoms with Gasteiger partial charge in [-0.3, -0.25) is 9.69 Å². The molecule has 1 aromatic carbocycles. The molecule has 0 spiro atoms. The molecule has 2 unspecified atom stereocenters. The average molecular weight is 388 g/mol. The molecule has 142 valence electrons. The first-order valence-corrected chi connectivity index (χ1v) is 8.82. The number of carbonyl (C=O) groups excluding carboxylic acids is 1. The Labute approximate surface area is 163 Å². The van der Waals surface area contributed by atoms with E-state index in [0.29, 0.717) is 6.54 Å². The Morgan fingerprint density at radius 1 is 1.12 bits per heavy atom. The smallest absolute Gasteiger partial charge is 0.240 e. The quantitative estimate of drug-likeness (QED) is 0.815. The Balaban J connectivity index is 0.00000156. The summed E-state index contributed by atoms with van der Waals surface area (Å²) in [6.45, 7) is 8.67. The maximum absolute atomic E-state index is 11.8. The van der Waals surface area contributed by atoms with Crippen molar-refractivity contribution in [2.45, 2.75) is 51.7 Å². The fraction of sp³-hybridized carbons (Fsp3) is 0.632. The van der Waals surface area contributed by atoms with Crippen LogP contribution in [0.5, 0.6) is 0 Å². The van der Waals surface area contributed by atoms with Gasteiger partial charge in [0.2, 0.25) is 5.91 Å². The number of nitrogens with two attached hydrogens (primary N) is 1. The number of benzene rings is 1. The molecular weight excluding hydrogens is 357 g/mol. The normalized spacial score (nSPS) is 24.6. The van der Waals surface area contributed by atoms with Crippen molar-refractivity contribution in [2.75, 3.05) is 13.1 Å². The predicted molar refractivity (Wildman–Crippen MR) is 107 cm³/mol. The van der Waals surface area contributed by atoms with Crippen LogP contribution in [-0.4, -0.2) is 29.4 Å². The van der Waals surface area contributed by atoms with Crippen molar-refractivity contribution in [1.82, 2.24) is 10.2 Å². The number of nitrogens with zero attached hydrogens (tertiary/aromatic N) is 1. The molecule has 3 rings (SSSR count). The molecule has 3 N–H and O–H groups in total. The van der Waals surface area contributed by atoms with Crippen LogP contribution in [0.3, 0.4) is 0 Å². The largest absolute Gasteiger partial charge is 0.350 e. The third kappa shape index (κ3) is 6.14. The number of nitrogens with one attached hydrogen (secondary N) is 1. The van der Waals surface area contributed by atoms with Gasteiger partial charge in [-0.1, -0.05) is 38.1 Å². The van der Waals surface area contributed by atoms with Crippen LogP contribution in [0, 0.1) is 11.8 Å². The SMILES string of the molecule is CC1CC(C)CN(Cc2ccc(CNC(=O)C3(N)CC3)cc2)C1.Cl.Cl. The Morgan fingerprint density at radius 2 is 1.64 bits per heavy atom. The summed E-state index contributed by atoms with van der Waals surface area (Å²) in [7, 11) is 0. The van der Waals surface area contributed by atoms with Crippen molar-refractivity contribution in [3.8, 4) is 0 Å². The molecule has 6 heteroatoms. The molecule has 1 aromatic rings. The topological polar surface area (TPSA) is 58.4 Å². The molecule has 1 aliphatic carbocycles. The second-order valence-electron chi connectivity index (χ2n) is 7.80. The van der Waals surface area contributed by atoms with Gasteiger partial charge in [0, 0.05) is 26.2 Å². The van der Waals surface area contributed by atoms with Crippen LogP contribution < -0.4 is 11.1 Å². The van der Waals surface area contributed by atoms with Crippen molar-refractivity contribution in [1.29, 1.82) is 0 Å². The summed E-state index contributed by atoms with van der Waals surface area (Å²) < 4.78 is 0. The highest BCUT2D eigenvalue weighted by Gasteiger charge is 2.45. The molecule has 1 heterocycles. The summed E-state index contributed by atoms with van der Waals surface area (Å²) in [6, 6.07) is 8.59. The van der Waals surface area contributed by atoms with Crippen LogP contribution >= 0.6 is 24.8 Å². The summed E-state index contributed by atoms with van der Waals surface area (Å²) >= 11 is 0. The molecule has 2 fully saturated rings. The predicted octanol–water partition coefficient (Wildman–Crippen LogP) is 3.12. The molecule has 2 aliphatic rings. The van der Waals surface area contributed by atoms with E-state index in [4.69, 9.17) is 5.73 Å². The third-order valence-electron chi connectivity index (χ3n) is 5.07. The van der Waals surface area contributed by atoms with Crippen LogP contribution in [0.4, 0.5) is 0 Å². The summed E-state index contributed by atoms with van der Waals surface area (Å²) in [5.41, 5.74) is 7.78. The third-order valence-corrected chi connectivity index (χ3v) is 5.07. The van der Waals surface area contributed by atoms with Crippen LogP contribution in [-0.2, 0) is 17.9 Å². The highest BCUT2D eigenvalue weighted by atomic mass is 35.5. The van der Waals surface area contributed by atoms with Crippen molar-refractivity contribution < 1.29 is 4.79 Å². The van der Waals surface area contributed by atoms with Gasteiger partial charge in [0.05, 0.1) is 5.54 Å². The first kappa shape index (κ1) is 22.2. The molecule has 25 heavy (non-hydrogen) atoms. The van der Waals surface area contributed by atoms with E-state index < -0.39 is 5.54 Å². The Bertz CT molecular complexity index is 550. The molecule has 2 atom stereocenters. The summed E-state index contributed by atoms with van der Waals surface area (Å²) in [5, 5.41) is 2.94. The van der Waals surface area contributed by atoms with Crippen molar-refractivity contribution in [3.63, 3.8) is 0 Å². The van der Waals surface area contributed by atoms with Crippen molar-refractivity contribution >= 4 is 30.7 Å². The standard InChI is InChI=1S/C19H29N3O.2ClH/c1-14-9-15(2)12-22(11-14)13-17-5-3-16(4-6-17)10-21-18(23)19(20)7-8-19;;/h3-6,14-15H,7-13,20H2,1-2H3,(H,21,23);2*1H. The Morgan fingerprint density at radius 3 is 2.16 bits per heavy atom. The van der Waals surface area contributed by atoms with E-state index in [1.54, 1.807) is 0 Å². The number of likely N-dealkylation sites (tertiary alicyclic amines) is 1. The van der Waals surface area contributed by atoms with E-state index in [-0.39, 0.29) is 30.7 Å². The van der Waals surface area contributed by atoms with E-state index in [2.05, 4.69) is 48.3 Å². The maximum atomic E-state index is 11.8. The van der Waals surface area contributed by atoms with Gasteiger partial charge in [0.25, 0.3) is 0 Å². The van der Waals surface area contributed by atoms with Gasteiger partial charge in [-0.25, -0.2) is 0 Å². The number of hydrogen-bond donors (Lipinski definition) is 2. The van der Waals surface area contributed by atoms with Gasteiger partial charge in [-0.15, -0.1) is 24.8 Å². The summed E-state index contributed by atoms with van der Waals surface area (Å²) in [6.07, 6.45) is 2.96. The van der Waals surface area contributed by atoms with Gasteiger partial charge in [0.1, 0.15) is 0 Å². The number of piperidine rings is 1. The molecule has 0 aromatic heterocycles. The number of hydrogen-bond acceptors (Lipinski definition) is 3. The Hall–Kier alpha value is -0.810. The zero-order chi connectivity index (χ0) is 16.4. The fourth-order valence-electron chi connectivity index (χ4n) is 3.66. The van der Waals surface area contributed by atoms with Crippen LogP contribution in [0.2, 0.25) is 0 Å². The van der Waals surface area contributed by atoms with Crippen LogP contribution in [0.15, 0.2) is 24.3 Å². The van der Waals surface area contributed by atoms with Gasteiger partial charge in [0.15, 0.2) is 0 Å². The lowest BCUT2D eigenvalue weighted by atomic mass is 9.91. The van der Waals surface area contributed by atoms with E-state index in [1.807, 2.05) is 0 Å². The monoisotopic (exact) mass is 387 g/mol. The zero-order valence-electron chi connectivity index (χ0n) is 15.2. The van der Waals surface area contributed by atoms with Crippen LogP contribution in [0.25, 0.3) is 0 Å². The van der Waals surface area contributed by atoms with Gasteiger partial charge < -0.3 is 11.1 Å². The van der Waals surface area contributed by atoms with Crippen molar-refractivity contribution in [3.05, 3.63) is 35.4 Å². The van der Waals surface area contributed by atoms with Gasteiger partial charge in [-0.2, -0.15) is 0 Å². The second kappa shape index (κ2) is 9.22. The second-order valence-corrected chi connectivity index (χ2v) is 7.80. The van der Waals surface area contributed by atoms with Gasteiger partial charge >= 0.3 is 0 Å². The maximum Gasteiger partial charge on any atom is 0.240 e. The molecule has 0 bridgehead atoms. The number of carbonyl (C=O) groups is 1. The molecule has 4 nitrogen and oxygen atoms in total. The molecule has 0 radical (unpaired) electrons. The highest BCUT2D eigenvalue weighted by molar-refractivity contribution is 5.88. The molecule has 1 saturated carbocycles. The Kier molecular flexibility index (Phi) is 8.20. The number of amides is 1. The number of halogens is 2. The average Bonchev–Trinajstić information content (AvgIpc) is 3.24. The van der Waals surface area contributed by atoms with Crippen LogP contribution in [0.1, 0.15) is 44.2 Å².